The van der Waals surface area contributed by atoms with E-state index in [1.165, 1.54) is 0 Å². The summed E-state index contributed by atoms with van der Waals surface area (Å²) in [6, 6.07) is 13.2. The quantitative estimate of drug-likeness (QED) is 0.865. The van der Waals surface area contributed by atoms with Crippen molar-refractivity contribution in [3.05, 3.63) is 59.9 Å². The summed E-state index contributed by atoms with van der Waals surface area (Å²) in [7, 11) is 0. The molecule has 1 aromatic heterocycles. The fourth-order valence-corrected chi connectivity index (χ4v) is 2.62. The Kier molecular flexibility index (Phi) is 5.40. The molecule has 6 nitrogen and oxygen atoms in total. The van der Waals surface area contributed by atoms with Gasteiger partial charge in [-0.1, -0.05) is 30.3 Å². The van der Waals surface area contributed by atoms with Gasteiger partial charge in [-0.25, -0.2) is 0 Å². The molecule has 1 fully saturated rings. The SMILES string of the molecule is O=C(NCc1ccccc1)C(O)c1cc(N2CCOCC2)ccn1. The van der Waals surface area contributed by atoms with Gasteiger partial charge in [0.1, 0.15) is 0 Å². The number of morpholine rings is 1. The number of hydrogen-bond acceptors (Lipinski definition) is 5. The fourth-order valence-electron chi connectivity index (χ4n) is 2.62. The molecule has 0 saturated carbocycles. The third-order valence-electron chi connectivity index (χ3n) is 3.98. The second kappa shape index (κ2) is 7.90. The molecule has 126 valence electrons. The van der Waals surface area contributed by atoms with Crippen molar-refractivity contribution in [2.24, 2.45) is 0 Å². The second-order valence-corrected chi connectivity index (χ2v) is 5.64. The summed E-state index contributed by atoms with van der Waals surface area (Å²) in [5, 5.41) is 13.0. The number of pyridine rings is 1. The van der Waals surface area contributed by atoms with Gasteiger partial charge in [-0.3, -0.25) is 9.78 Å². The lowest BCUT2D eigenvalue weighted by molar-refractivity contribution is -0.130. The predicted molar refractivity (Wildman–Crippen MR) is 90.5 cm³/mol. The lowest BCUT2D eigenvalue weighted by Crippen LogP contribution is -2.36. The van der Waals surface area contributed by atoms with E-state index < -0.39 is 12.0 Å². The zero-order chi connectivity index (χ0) is 16.8. The summed E-state index contributed by atoms with van der Waals surface area (Å²) >= 11 is 0. The Morgan fingerprint density at radius 1 is 1.25 bits per heavy atom. The molecule has 0 radical (unpaired) electrons. The summed E-state index contributed by atoms with van der Waals surface area (Å²) in [4.78, 5) is 18.5. The molecule has 1 aliphatic heterocycles. The van der Waals surface area contributed by atoms with Crippen molar-refractivity contribution in [3.63, 3.8) is 0 Å². The van der Waals surface area contributed by atoms with Crippen LogP contribution in [0.3, 0.4) is 0 Å². The standard InChI is InChI=1S/C18H21N3O3/c22-17(18(23)20-13-14-4-2-1-3-5-14)16-12-15(6-7-19-16)21-8-10-24-11-9-21/h1-7,12,17,22H,8-11,13H2,(H,20,23). The van der Waals surface area contributed by atoms with E-state index in [9.17, 15) is 9.90 Å². The van der Waals surface area contributed by atoms with Crippen LogP contribution in [0, 0.1) is 0 Å². The average molecular weight is 327 g/mol. The number of nitrogens with one attached hydrogen (secondary N) is 1. The number of nitrogens with zero attached hydrogens (tertiary/aromatic N) is 2. The van der Waals surface area contributed by atoms with E-state index in [2.05, 4.69) is 15.2 Å². The van der Waals surface area contributed by atoms with Crippen molar-refractivity contribution in [1.29, 1.82) is 0 Å². The van der Waals surface area contributed by atoms with Gasteiger partial charge in [-0.15, -0.1) is 0 Å². The maximum Gasteiger partial charge on any atom is 0.255 e. The minimum atomic E-state index is -1.28. The van der Waals surface area contributed by atoms with E-state index in [-0.39, 0.29) is 0 Å². The van der Waals surface area contributed by atoms with Crippen LogP contribution in [0.15, 0.2) is 48.7 Å². The maximum absolute atomic E-state index is 12.2. The van der Waals surface area contributed by atoms with Crippen LogP contribution in [-0.2, 0) is 16.1 Å². The molecule has 2 heterocycles. The van der Waals surface area contributed by atoms with Crippen LogP contribution in [0.25, 0.3) is 0 Å². The summed E-state index contributed by atoms with van der Waals surface area (Å²) < 4.78 is 5.34. The maximum atomic E-state index is 12.2. The first kappa shape index (κ1) is 16.4. The normalized spacial score (nSPS) is 15.8. The van der Waals surface area contributed by atoms with E-state index >= 15 is 0 Å². The number of aromatic nitrogens is 1. The highest BCUT2D eigenvalue weighted by Crippen LogP contribution is 2.20. The smallest absolute Gasteiger partial charge is 0.255 e. The van der Waals surface area contributed by atoms with E-state index in [4.69, 9.17) is 4.74 Å². The summed E-state index contributed by atoms with van der Waals surface area (Å²) in [5.41, 5.74) is 2.27. The number of rotatable bonds is 5. The van der Waals surface area contributed by atoms with Crippen molar-refractivity contribution in [3.8, 4) is 0 Å². The third kappa shape index (κ3) is 4.10. The number of benzene rings is 1. The van der Waals surface area contributed by atoms with E-state index in [1.807, 2.05) is 36.4 Å². The van der Waals surface area contributed by atoms with Crippen molar-refractivity contribution in [2.45, 2.75) is 12.6 Å². The van der Waals surface area contributed by atoms with Crippen LogP contribution in [0.4, 0.5) is 5.69 Å². The number of amides is 1. The van der Waals surface area contributed by atoms with Gasteiger partial charge in [-0.05, 0) is 17.7 Å². The van der Waals surface area contributed by atoms with Gasteiger partial charge in [0.25, 0.3) is 5.91 Å². The van der Waals surface area contributed by atoms with Gasteiger partial charge in [-0.2, -0.15) is 0 Å². The van der Waals surface area contributed by atoms with Crippen LogP contribution >= 0.6 is 0 Å². The zero-order valence-electron chi connectivity index (χ0n) is 13.4. The Bertz CT molecular complexity index is 672. The topological polar surface area (TPSA) is 74.7 Å². The first-order valence-corrected chi connectivity index (χ1v) is 8.02. The fraction of sp³-hybridized carbons (Fsp3) is 0.333. The molecule has 24 heavy (non-hydrogen) atoms. The van der Waals surface area contributed by atoms with E-state index in [0.29, 0.717) is 25.5 Å². The molecule has 2 N–H and O–H groups in total. The van der Waals surface area contributed by atoms with E-state index in [0.717, 1.165) is 24.3 Å². The molecule has 1 atom stereocenters. The highest BCUT2D eigenvalue weighted by molar-refractivity contribution is 5.81. The molecular formula is C18H21N3O3. The molecule has 0 bridgehead atoms. The van der Waals surface area contributed by atoms with Crippen molar-refractivity contribution in [1.82, 2.24) is 10.3 Å². The second-order valence-electron chi connectivity index (χ2n) is 5.64. The highest BCUT2D eigenvalue weighted by atomic mass is 16.5. The lowest BCUT2D eigenvalue weighted by atomic mass is 10.1. The number of aliphatic hydroxyl groups excluding tert-OH is 1. The first-order valence-electron chi connectivity index (χ1n) is 8.02. The average Bonchev–Trinajstić information content (AvgIpc) is 2.67. The number of ether oxygens (including phenoxy) is 1. The largest absolute Gasteiger partial charge is 0.378 e. The molecule has 6 heteroatoms. The lowest BCUT2D eigenvalue weighted by Gasteiger charge is -2.29. The molecule has 1 aliphatic rings. The summed E-state index contributed by atoms with van der Waals surface area (Å²) in [6.45, 7) is 3.31. The van der Waals surface area contributed by atoms with Gasteiger partial charge < -0.3 is 20.1 Å². The number of carbonyl (C=O) groups is 1. The summed E-state index contributed by atoms with van der Waals surface area (Å²) in [5.74, 6) is -0.453. The molecular weight excluding hydrogens is 306 g/mol. The number of anilines is 1. The Labute approximate surface area is 141 Å². The molecule has 2 aromatic rings. The number of aliphatic hydroxyl groups is 1. The minimum Gasteiger partial charge on any atom is -0.378 e. The third-order valence-corrected chi connectivity index (χ3v) is 3.98. The van der Waals surface area contributed by atoms with Gasteiger partial charge in [0, 0.05) is 31.5 Å². The summed E-state index contributed by atoms with van der Waals surface area (Å²) in [6.07, 6.45) is 0.336. The Balaban J connectivity index is 1.63. The van der Waals surface area contributed by atoms with Gasteiger partial charge in [0.2, 0.25) is 0 Å². The van der Waals surface area contributed by atoms with Crippen LogP contribution in [-0.4, -0.2) is 42.3 Å². The van der Waals surface area contributed by atoms with Crippen LogP contribution < -0.4 is 10.2 Å². The van der Waals surface area contributed by atoms with Crippen LogP contribution in [0.5, 0.6) is 0 Å². The number of hydrogen-bond donors (Lipinski definition) is 2. The Morgan fingerprint density at radius 3 is 2.75 bits per heavy atom. The molecule has 1 unspecified atom stereocenters. The Morgan fingerprint density at radius 2 is 2.00 bits per heavy atom. The number of carbonyl (C=O) groups excluding carboxylic acids is 1. The van der Waals surface area contributed by atoms with Gasteiger partial charge in [0.15, 0.2) is 6.10 Å². The highest BCUT2D eigenvalue weighted by Gasteiger charge is 2.20. The van der Waals surface area contributed by atoms with Crippen molar-refractivity contribution < 1.29 is 14.6 Å². The van der Waals surface area contributed by atoms with Crippen molar-refractivity contribution >= 4 is 11.6 Å². The molecule has 0 aliphatic carbocycles. The van der Waals surface area contributed by atoms with E-state index in [1.54, 1.807) is 12.3 Å². The minimum absolute atomic E-state index is 0.351. The molecule has 0 spiro atoms. The first-order chi connectivity index (χ1) is 11.7. The Hall–Kier alpha value is -2.44. The van der Waals surface area contributed by atoms with Crippen molar-refractivity contribution in [2.75, 3.05) is 31.2 Å². The molecule has 1 saturated heterocycles. The molecule has 3 rings (SSSR count). The van der Waals surface area contributed by atoms with Crippen LogP contribution in [0.1, 0.15) is 17.4 Å². The van der Waals surface area contributed by atoms with Crippen LogP contribution in [0.2, 0.25) is 0 Å². The van der Waals surface area contributed by atoms with Gasteiger partial charge in [0.05, 0.1) is 18.9 Å². The monoisotopic (exact) mass is 327 g/mol. The predicted octanol–water partition coefficient (Wildman–Crippen LogP) is 1.27. The molecule has 1 aromatic carbocycles. The molecule has 1 amide bonds. The zero-order valence-corrected chi connectivity index (χ0v) is 13.4. The van der Waals surface area contributed by atoms with Gasteiger partial charge >= 0.3 is 0 Å².